The normalized spacial score (nSPS) is 13.4. The number of amides is 2. The highest BCUT2D eigenvalue weighted by Gasteiger charge is 2.40. The fraction of sp³-hybridized carbons (Fsp3) is 0.154. The maximum absolute atomic E-state index is 13.5. The number of imide groups is 1. The van der Waals surface area contributed by atoms with Crippen molar-refractivity contribution in [2.24, 2.45) is 0 Å². The molecular formula is C26H23ClN2O4S. The summed E-state index contributed by atoms with van der Waals surface area (Å²) in [6, 6.07) is 21.3. The predicted octanol–water partition coefficient (Wildman–Crippen LogP) is 6.13. The van der Waals surface area contributed by atoms with Crippen LogP contribution in [0.2, 0.25) is 5.02 Å². The molecule has 0 radical (unpaired) electrons. The van der Waals surface area contributed by atoms with Crippen LogP contribution < -0.4 is 19.7 Å². The maximum Gasteiger partial charge on any atom is 0.283 e. The van der Waals surface area contributed by atoms with Crippen LogP contribution >= 0.6 is 23.4 Å². The van der Waals surface area contributed by atoms with Crippen LogP contribution in [-0.4, -0.2) is 25.0 Å². The molecule has 3 aromatic rings. The van der Waals surface area contributed by atoms with Crippen LogP contribution in [0.1, 0.15) is 13.8 Å². The zero-order chi connectivity index (χ0) is 24.1. The van der Waals surface area contributed by atoms with Gasteiger partial charge in [0, 0.05) is 9.92 Å². The molecule has 0 aliphatic carbocycles. The van der Waals surface area contributed by atoms with Crippen LogP contribution in [0.4, 0.5) is 11.4 Å². The number of anilines is 2. The van der Waals surface area contributed by atoms with Gasteiger partial charge in [0.1, 0.15) is 22.1 Å². The molecule has 1 heterocycles. The zero-order valence-electron chi connectivity index (χ0n) is 18.7. The van der Waals surface area contributed by atoms with Crippen molar-refractivity contribution >= 4 is 46.6 Å². The van der Waals surface area contributed by atoms with E-state index in [1.165, 1.54) is 16.7 Å². The van der Waals surface area contributed by atoms with Gasteiger partial charge in [-0.15, -0.1) is 0 Å². The molecule has 1 aliphatic heterocycles. The maximum atomic E-state index is 13.5. The lowest BCUT2D eigenvalue weighted by Gasteiger charge is -2.16. The average molecular weight is 495 g/mol. The van der Waals surface area contributed by atoms with E-state index in [1.54, 1.807) is 42.5 Å². The highest BCUT2D eigenvalue weighted by molar-refractivity contribution is 8.04. The SMILES string of the molecule is CCOc1ccc(N2C(=O)C(Nc3ccccc3OCC)=C(Sc3ccc(Cl)cc3)C2=O)cc1. The first-order valence-electron chi connectivity index (χ1n) is 10.8. The summed E-state index contributed by atoms with van der Waals surface area (Å²) >= 11 is 7.22. The fourth-order valence-electron chi connectivity index (χ4n) is 3.41. The molecule has 1 N–H and O–H groups in total. The van der Waals surface area contributed by atoms with E-state index in [0.717, 1.165) is 4.90 Å². The van der Waals surface area contributed by atoms with Crippen molar-refractivity contribution in [3.63, 3.8) is 0 Å². The zero-order valence-corrected chi connectivity index (χ0v) is 20.3. The summed E-state index contributed by atoms with van der Waals surface area (Å²) in [5.74, 6) is 0.397. The fourth-order valence-corrected chi connectivity index (χ4v) is 4.47. The Balaban J connectivity index is 1.72. The molecule has 4 rings (SSSR count). The van der Waals surface area contributed by atoms with Crippen LogP contribution in [0.5, 0.6) is 11.5 Å². The monoisotopic (exact) mass is 494 g/mol. The van der Waals surface area contributed by atoms with Crippen LogP contribution in [0, 0.1) is 0 Å². The Morgan fingerprint density at radius 2 is 1.53 bits per heavy atom. The highest BCUT2D eigenvalue weighted by Crippen LogP contribution is 2.39. The molecule has 3 aromatic carbocycles. The Bertz CT molecular complexity index is 1230. The van der Waals surface area contributed by atoms with Crippen LogP contribution in [0.3, 0.4) is 0 Å². The molecule has 0 unspecified atom stereocenters. The number of nitrogens with one attached hydrogen (secondary N) is 1. The van der Waals surface area contributed by atoms with Gasteiger partial charge in [-0.05, 0) is 74.5 Å². The topological polar surface area (TPSA) is 67.9 Å². The molecule has 0 aromatic heterocycles. The number of rotatable bonds is 9. The minimum Gasteiger partial charge on any atom is -0.494 e. The molecule has 0 atom stereocenters. The number of hydrogen-bond donors (Lipinski definition) is 1. The van der Waals surface area contributed by atoms with Crippen LogP contribution in [0.25, 0.3) is 0 Å². The largest absolute Gasteiger partial charge is 0.494 e. The molecular weight excluding hydrogens is 472 g/mol. The Hall–Kier alpha value is -3.42. The Morgan fingerprint density at radius 3 is 2.21 bits per heavy atom. The van der Waals surface area contributed by atoms with E-state index in [-0.39, 0.29) is 10.6 Å². The van der Waals surface area contributed by atoms with E-state index in [9.17, 15) is 9.59 Å². The van der Waals surface area contributed by atoms with Gasteiger partial charge >= 0.3 is 0 Å². The highest BCUT2D eigenvalue weighted by atomic mass is 35.5. The third-order valence-electron chi connectivity index (χ3n) is 4.93. The number of thioether (sulfide) groups is 1. The van der Waals surface area contributed by atoms with Gasteiger partial charge in [0.25, 0.3) is 11.8 Å². The van der Waals surface area contributed by atoms with E-state index in [0.29, 0.717) is 41.1 Å². The first kappa shape index (κ1) is 23.7. The molecule has 0 saturated carbocycles. The Kier molecular flexibility index (Phi) is 7.45. The van der Waals surface area contributed by atoms with Gasteiger partial charge in [-0.1, -0.05) is 35.5 Å². The Morgan fingerprint density at radius 1 is 0.853 bits per heavy atom. The molecule has 0 saturated heterocycles. The second-order valence-corrected chi connectivity index (χ2v) is 8.71. The van der Waals surface area contributed by atoms with Crippen LogP contribution in [-0.2, 0) is 9.59 Å². The summed E-state index contributed by atoms with van der Waals surface area (Å²) < 4.78 is 11.2. The smallest absolute Gasteiger partial charge is 0.283 e. The summed E-state index contributed by atoms with van der Waals surface area (Å²) in [5, 5.41) is 3.75. The number of benzene rings is 3. The van der Waals surface area contributed by atoms with E-state index in [1.807, 2.05) is 44.2 Å². The first-order chi connectivity index (χ1) is 16.5. The number of halogens is 1. The Labute approximate surface area is 207 Å². The molecule has 34 heavy (non-hydrogen) atoms. The van der Waals surface area contributed by atoms with Gasteiger partial charge in [-0.3, -0.25) is 9.59 Å². The van der Waals surface area contributed by atoms with Gasteiger partial charge in [0.15, 0.2) is 0 Å². The molecule has 6 nitrogen and oxygen atoms in total. The van der Waals surface area contributed by atoms with Crippen molar-refractivity contribution < 1.29 is 19.1 Å². The van der Waals surface area contributed by atoms with Gasteiger partial charge in [-0.2, -0.15) is 0 Å². The van der Waals surface area contributed by atoms with Crippen molar-refractivity contribution in [3.8, 4) is 11.5 Å². The summed E-state index contributed by atoms with van der Waals surface area (Å²) in [4.78, 5) is 29.3. The third kappa shape index (κ3) is 5.05. The molecule has 0 spiro atoms. The molecule has 1 aliphatic rings. The van der Waals surface area contributed by atoms with E-state index < -0.39 is 11.8 Å². The van der Waals surface area contributed by atoms with E-state index in [4.69, 9.17) is 21.1 Å². The third-order valence-corrected chi connectivity index (χ3v) is 6.27. The molecule has 2 amide bonds. The minimum absolute atomic E-state index is 0.186. The number of hydrogen-bond acceptors (Lipinski definition) is 6. The van der Waals surface area contributed by atoms with Gasteiger partial charge in [0.05, 0.1) is 24.6 Å². The summed E-state index contributed by atoms with van der Waals surface area (Å²) in [7, 11) is 0. The number of nitrogens with zero attached hydrogens (tertiary/aromatic N) is 1. The van der Waals surface area contributed by atoms with Crippen molar-refractivity contribution in [1.29, 1.82) is 0 Å². The lowest BCUT2D eigenvalue weighted by molar-refractivity contribution is -0.120. The molecule has 0 fully saturated rings. The summed E-state index contributed by atoms with van der Waals surface area (Å²) in [6.07, 6.45) is 0. The molecule has 8 heteroatoms. The average Bonchev–Trinajstić information content (AvgIpc) is 3.06. The number of ether oxygens (including phenoxy) is 2. The van der Waals surface area contributed by atoms with Crippen molar-refractivity contribution in [1.82, 2.24) is 0 Å². The van der Waals surface area contributed by atoms with Gasteiger partial charge in [-0.25, -0.2) is 4.90 Å². The van der Waals surface area contributed by atoms with E-state index in [2.05, 4.69) is 5.32 Å². The summed E-state index contributed by atoms with van der Waals surface area (Å²) in [6.45, 7) is 4.77. The standard InChI is InChI=1S/C26H23ClN2O4S/c1-3-32-19-13-11-18(12-14-19)29-25(30)23(28-21-7-5-6-8-22(21)33-4-2)24(26(29)31)34-20-15-9-17(27)10-16-20/h5-16,28H,3-4H2,1-2H3. The molecule has 174 valence electrons. The van der Waals surface area contributed by atoms with Gasteiger partial charge < -0.3 is 14.8 Å². The second kappa shape index (κ2) is 10.7. The second-order valence-electron chi connectivity index (χ2n) is 7.19. The van der Waals surface area contributed by atoms with Crippen molar-refractivity contribution in [2.45, 2.75) is 18.7 Å². The lowest BCUT2D eigenvalue weighted by Crippen LogP contribution is -2.32. The van der Waals surface area contributed by atoms with Crippen LogP contribution in [0.15, 0.2) is 88.3 Å². The lowest BCUT2D eigenvalue weighted by atomic mass is 10.2. The quantitative estimate of drug-likeness (QED) is 0.361. The van der Waals surface area contributed by atoms with Gasteiger partial charge in [0.2, 0.25) is 0 Å². The van der Waals surface area contributed by atoms with Crippen molar-refractivity contribution in [2.75, 3.05) is 23.4 Å². The van der Waals surface area contributed by atoms with E-state index >= 15 is 0 Å². The predicted molar refractivity (Wildman–Crippen MR) is 136 cm³/mol. The summed E-state index contributed by atoms with van der Waals surface area (Å²) in [5.41, 5.74) is 1.25. The number of carbonyl (C=O) groups is 2. The number of carbonyl (C=O) groups excluding carboxylic acids is 2. The molecule has 0 bridgehead atoms. The minimum atomic E-state index is -0.447. The van der Waals surface area contributed by atoms with Crippen molar-refractivity contribution in [3.05, 3.63) is 88.4 Å². The first-order valence-corrected chi connectivity index (χ1v) is 12.0. The number of para-hydroxylation sites is 2.